The second-order valence-corrected chi connectivity index (χ2v) is 4.24. The molecule has 0 radical (unpaired) electrons. The van der Waals surface area contributed by atoms with Crippen molar-refractivity contribution in [2.75, 3.05) is 0 Å². The zero-order chi connectivity index (χ0) is 10.9. The highest BCUT2D eigenvalue weighted by atomic mass is 79.9. The number of nitriles is 1. The Morgan fingerprint density at radius 1 is 1.36 bits per heavy atom. The summed E-state index contributed by atoms with van der Waals surface area (Å²) >= 11 is 6.11. The standard InChI is InChI=1S/C8H4Br2N2O2/c1-12-3(2-11)4-7(13)5(9)6(10)8(4)14/h7-8,13-14H. The van der Waals surface area contributed by atoms with Gasteiger partial charge in [0.25, 0.3) is 5.70 Å². The normalized spacial score (nSPS) is 26.0. The van der Waals surface area contributed by atoms with E-state index in [0.29, 0.717) is 8.96 Å². The third kappa shape index (κ3) is 1.62. The van der Waals surface area contributed by atoms with Gasteiger partial charge in [-0.15, -0.1) is 0 Å². The monoisotopic (exact) mass is 318 g/mol. The second kappa shape index (κ2) is 4.24. The number of hydrogen-bond donors (Lipinski definition) is 2. The summed E-state index contributed by atoms with van der Waals surface area (Å²) in [6.07, 6.45) is -2.24. The quantitative estimate of drug-likeness (QED) is 0.524. The number of aliphatic hydroxyl groups excluding tert-OH is 2. The zero-order valence-electron chi connectivity index (χ0n) is 6.70. The van der Waals surface area contributed by atoms with E-state index < -0.39 is 12.2 Å². The molecule has 0 saturated heterocycles. The maximum atomic E-state index is 9.58. The minimum Gasteiger partial charge on any atom is -0.385 e. The van der Waals surface area contributed by atoms with E-state index >= 15 is 0 Å². The molecule has 1 aliphatic carbocycles. The molecule has 0 amide bonds. The number of halogens is 2. The summed E-state index contributed by atoms with van der Waals surface area (Å²) in [5.74, 6) is 0. The lowest BCUT2D eigenvalue weighted by molar-refractivity contribution is 0.209. The van der Waals surface area contributed by atoms with Crippen LogP contribution in [0.15, 0.2) is 20.2 Å². The first-order chi connectivity index (χ1) is 6.54. The van der Waals surface area contributed by atoms with Gasteiger partial charge in [-0.1, -0.05) is 31.9 Å². The fourth-order valence-corrected chi connectivity index (χ4v) is 2.02. The number of allylic oxidation sites excluding steroid dienone is 1. The molecule has 0 saturated carbocycles. The number of aliphatic hydroxyl groups is 2. The maximum Gasteiger partial charge on any atom is 0.266 e. The van der Waals surface area contributed by atoms with Crippen molar-refractivity contribution in [1.29, 1.82) is 5.26 Å². The highest BCUT2D eigenvalue weighted by Gasteiger charge is 2.36. The molecule has 6 heteroatoms. The third-order valence-electron chi connectivity index (χ3n) is 1.79. The van der Waals surface area contributed by atoms with Gasteiger partial charge in [0.2, 0.25) is 0 Å². The minimum absolute atomic E-state index is 0.0150. The molecule has 4 nitrogen and oxygen atoms in total. The van der Waals surface area contributed by atoms with Gasteiger partial charge in [-0.2, -0.15) is 0 Å². The summed E-state index contributed by atoms with van der Waals surface area (Å²) in [6, 6.07) is 1.63. The van der Waals surface area contributed by atoms with Crippen LogP contribution in [0.25, 0.3) is 4.85 Å². The Morgan fingerprint density at radius 2 is 1.79 bits per heavy atom. The van der Waals surface area contributed by atoms with Crippen molar-refractivity contribution >= 4 is 31.9 Å². The fourth-order valence-electron chi connectivity index (χ4n) is 1.10. The summed E-state index contributed by atoms with van der Waals surface area (Å²) in [6.45, 7) is 6.71. The van der Waals surface area contributed by atoms with Crippen molar-refractivity contribution in [3.8, 4) is 6.07 Å². The molecule has 0 aromatic carbocycles. The lowest BCUT2D eigenvalue weighted by atomic mass is 10.1. The fraction of sp³-hybridized carbons (Fsp3) is 0.250. The van der Waals surface area contributed by atoms with Crippen molar-refractivity contribution in [2.45, 2.75) is 12.2 Å². The van der Waals surface area contributed by atoms with Crippen molar-refractivity contribution in [2.24, 2.45) is 0 Å². The summed E-state index contributed by atoms with van der Waals surface area (Å²) < 4.78 is 0.688. The first kappa shape index (κ1) is 11.4. The van der Waals surface area contributed by atoms with E-state index in [-0.39, 0.29) is 11.3 Å². The molecule has 0 aromatic heterocycles. The molecule has 0 fully saturated rings. The Bertz CT molecular complexity index is 378. The first-order valence-corrected chi connectivity index (χ1v) is 5.06. The van der Waals surface area contributed by atoms with Crippen LogP contribution >= 0.6 is 31.9 Å². The number of hydrogen-bond acceptors (Lipinski definition) is 3. The molecule has 0 heterocycles. The van der Waals surface area contributed by atoms with E-state index in [4.69, 9.17) is 11.8 Å². The van der Waals surface area contributed by atoms with Gasteiger partial charge in [-0.3, -0.25) is 0 Å². The van der Waals surface area contributed by atoms with Crippen LogP contribution in [0.1, 0.15) is 0 Å². The van der Waals surface area contributed by atoms with Crippen molar-refractivity contribution < 1.29 is 10.2 Å². The summed E-state index contributed by atoms with van der Waals surface area (Å²) in [5, 5.41) is 27.8. The summed E-state index contributed by atoms with van der Waals surface area (Å²) in [7, 11) is 0. The average Bonchev–Trinajstić information content (AvgIpc) is 2.37. The number of rotatable bonds is 0. The molecule has 0 aliphatic heterocycles. The van der Waals surface area contributed by atoms with E-state index in [1.807, 2.05) is 0 Å². The van der Waals surface area contributed by atoms with Gasteiger partial charge in [-0.25, -0.2) is 10.1 Å². The maximum absolute atomic E-state index is 9.58. The van der Waals surface area contributed by atoms with E-state index in [0.717, 1.165) is 0 Å². The molecule has 0 aromatic rings. The molecule has 0 spiro atoms. The lowest BCUT2D eigenvalue weighted by Gasteiger charge is -2.08. The van der Waals surface area contributed by atoms with Crippen LogP contribution in [0.2, 0.25) is 0 Å². The van der Waals surface area contributed by atoms with Crippen LogP contribution in [0, 0.1) is 17.9 Å². The molecule has 2 N–H and O–H groups in total. The third-order valence-corrected chi connectivity index (χ3v) is 4.04. The van der Waals surface area contributed by atoms with Crippen LogP contribution in [0.3, 0.4) is 0 Å². The van der Waals surface area contributed by atoms with Gasteiger partial charge in [-0.05, 0) is 0 Å². The van der Waals surface area contributed by atoms with Gasteiger partial charge in [0.1, 0.15) is 12.2 Å². The van der Waals surface area contributed by atoms with Crippen molar-refractivity contribution in [1.82, 2.24) is 0 Å². The van der Waals surface area contributed by atoms with E-state index in [1.165, 1.54) is 0 Å². The predicted molar refractivity (Wildman–Crippen MR) is 56.1 cm³/mol. The molecule has 2 unspecified atom stereocenters. The molecular formula is C8H4Br2N2O2. The van der Waals surface area contributed by atoms with Gasteiger partial charge < -0.3 is 10.2 Å². The first-order valence-electron chi connectivity index (χ1n) is 3.47. The highest BCUT2D eigenvalue weighted by Crippen LogP contribution is 2.40. The van der Waals surface area contributed by atoms with Gasteiger partial charge in [0, 0.05) is 14.5 Å². The topological polar surface area (TPSA) is 68.6 Å². The Hall–Kier alpha value is -0.660. The van der Waals surface area contributed by atoms with Crippen LogP contribution in [-0.2, 0) is 0 Å². The minimum atomic E-state index is -1.12. The molecule has 1 rings (SSSR count). The second-order valence-electron chi connectivity index (χ2n) is 2.53. The highest BCUT2D eigenvalue weighted by molar-refractivity contribution is 9.14. The predicted octanol–water partition coefficient (Wildman–Crippen LogP) is 1.42. The molecule has 72 valence electrons. The summed E-state index contributed by atoms with van der Waals surface area (Å²) in [5.41, 5.74) is -0.266. The largest absolute Gasteiger partial charge is 0.385 e. The van der Waals surface area contributed by atoms with Crippen molar-refractivity contribution in [3.05, 3.63) is 31.7 Å². The van der Waals surface area contributed by atoms with Crippen LogP contribution in [0.4, 0.5) is 0 Å². The SMILES string of the molecule is [C-]#[N+]C(C#N)=C1C(O)C(Br)=C(Br)C1O. The van der Waals surface area contributed by atoms with Gasteiger partial charge >= 0.3 is 0 Å². The van der Waals surface area contributed by atoms with Gasteiger partial charge in [0.15, 0.2) is 0 Å². The lowest BCUT2D eigenvalue weighted by Crippen LogP contribution is -2.15. The molecule has 0 bridgehead atoms. The Labute approximate surface area is 97.2 Å². The Balaban J connectivity index is 3.30. The smallest absolute Gasteiger partial charge is 0.266 e. The van der Waals surface area contributed by atoms with Crippen LogP contribution in [-0.4, -0.2) is 22.4 Å². The van der Waals surface area contributed by atoms with Crippen LogP contribution in [0.5, 0.6) is 0 Å². The average molecular weight is 320 g/mol. The van der Waals surface area contributed by atoms with E-state index in [9.17, 15) is 10.2 Å². The van der Waals surface area contributed by atoms with E-state index in [1.54, 1.807) is 6.07 Å². The van der Waals surface area contributed by atoms with Gasteiger partial charge in [0.05, 0.1) is 12.6 Å². The van der Waals surface area contributed by atoms with Crippen LogP contribution < -0.4 is 0 Å². The zero-order valence-corrected chi connectivity index (χ0v) is 9.87. The van der Waals surface area contributed by atoms with E-state index in [2.05, 4.69) is 36.7 Å². The molecule has 2 atom stereocenters. The Morgan fingerprint density at radius 3 is 2.07 bits per heavy atom. The molecular weight excluding hydrogens is 316 g/mol. The summed E-state index contributed by atoms with van der Waals surface area (Å²) in [4.78, 5) is 2.94. The number of nitrogens with zero attached hydrogens (tertiary/aromatic N) is 2. The molecule has 14 heavy (non-hydrogen) atoms. The Kier molecular flexibility index (Phi) is 3.46. The van der Waals surface area contributed by atoms with Crippen molar-refractivity contribution in [3.63, 3.8) is 0 Å². The molecule has 1 aliphatic rings.